The molecule has 1 saturated heterocycles. The predicted octanol–water partition coefficient (Wildman–Crippen LogP) is 2.23. The summed E-state index contributed by atoms with van der Waals surface area (Å²) in [7, 11) is 2.90. The molecular formula is C24H30N2O5. The molecule has 4 atom stereocenters. The normalized spacial score (nSPS) is 25.2. The van der Waals surface area contributed by atoms with Crippen molar-refractivity contribution in [3.63, 3.8) is 0 Å². The first-order valence-corrected chi connectivity index (χ1v) is 10.3. The zero-order valence-electron chi connectivity index (χ0n) is 18.2. The molecule has 2 N–H and O–H groups in total. The van der Waals surface area contributed by atoms with Crippen molar-refractivity contribution in [2.75, 3.05) is 27.6 Å². The highest BCUT2D eigenvalue weighted by Gasteiger charge is 2.57. The molecule has 1 aliphatic rings. The second kappa shape index (κ2) is 10.5. The van der Waals surface area contributed by atoms with Gasteiger partial charge < -0.3 is 19.5 Å². The van der Waals surface area contributed by atoms with Crippen LogP contribution >= 0.6 is 0 Å². The third-order valence-electron chi connectivity index (χ3n) is 5.90. The topological polar surface area (TPSA) is 85.9 Å². The summed E-state index contributed by atoms with van der Waals surface area (Å²) in [4.78, 5) is 26.1. The van der Waals surface area contributed by atoms with Gasteiger partial charge in [-0.05, 0) is 18.1 Å². The highest BCUT2D eigenvalue weighted by atomic mass is 16.7. The van der Waals surface area contributed by atoms with Crippen molar-refractivity contribution >= 4 is 11.9 Å². The maximum Gasteiger partial charge on any atom is 0.323 e. The summed E-state index contributed by atoms with van der Waals surface area (Å²) in [6.07, 6.45) is 0. The zero-order valence-corrected chi connectivity index (χ0v) is 18.2. The van der Waals surface area contributed by atoms with Crippen LogP contribution in [0.3, 0.4) is 0 Å². The number of carbonyl (C=O) groups is 2. The van der Waals surface area contributed by atoms with E-state index in [4.69, 9.17) is 14.2 Å². The molecule has 0 aromatic heterocycles. The number of esters is 1. The van der Waals surface area contributed by atoms with Gasteiger partial charge in [0.2, 0.25) is 5.91 Å². The van der Waals surface area contributed by atoms with Crippen LogP contribution in [0.1, 0.15) is 24.0 Å². The Morgan fingerprint density at radius 3 is 2.29 bits per heavy atom. The smallest absolute Gasteiger partial charge is 0.323 e. The van der Waals surface area contributed by atoms with Crippen LogP contribution in [0.5, 0.6) is 0 Å². The van der Waals surface area contributed by atoms with Gasteiger partial charge in [0.05, 0.1) is 13.7 Å². The molecule has 0 saturated carbocycles. The summed E-state index contributed by atoms with van der Waals surface area (Å²) in [6.45, 7) is 2.54. The molecule has 2 aromatic rings. The van der Waals surface area contributed by atoms with E-state index in [2.05, 4.69) is 10.6 Å². The van der Waals surface area contributed by atoms with Gasteiger partial charge in [-0.15, -0.1) is 0 Å². The van der Waals surface area contributed by atoms with Gasteiger partial charge in [-0.3, -0.25) is 14.9 Å². The summed E-state index contributed by atoms with van der Waals surface area (Å²) >= 11 is 0. The highest BCUT2D eigenvalue weighted by Crippen LogP contribution is 2.43. The van der Waals surface area contributed by atoms with Crippen molar-refractivity contribution in [2.24, 2.45) is 5.92 Å². The van der Waals surface area contributed by atoms with E-state index in [-0.39, 0.29) is 31.1 Å². The SMILES string of the molecule is COCOC[C@H]1[C@H](c2ccccc2)[C@@H](C(=O)OC)N[C@@]1(C)C(=O)NCc1ccccc1. The molecule has 7 nitrogen and oxygen atoms in total. The van der Waals surface area contributed by atoms with E-state index < -0.39 is 17.6 Å². The second-order valence-electron chi connectivity index (χ2n) is 7.84. The number of nitrogens with one attached hydrogen (secondary N) is 2. The first kappa shape index (κ1) is 22.9. The number of carbonyl (C=O) groups excluding carboxylic acids is 2. The van der Waals surface area contributed by atoms with Gasteiger partial charge in [0.15, 0.2) is 0 Å². The average molecular weight is 427 g/mol. The van der Waals surface area contributed by atoms with Crippen LogP contribution in [0.4, 0.5) is 0 Å². The molecule has 0 unspecified atom stereocenters. The Morgan fingerprint density at radius 2 is 1.68 bits per heavy atom. The van der Waals surface area contributed by atoms with Crippen LogP contribution in [0, 0.1) is 5.92 Å². The lowest BCUT2D eigenvalue weighted by molar-refractivity contribution is -0.143. The van der Waals surface area contributed by atoms with E-state index in [9.17, 15) is 9.59 Å². The number of rotatable bonds is 9. The lowest BCUT2D eigenvalue weighted by atomic mass is 9.76. The quantitative estimate of drug-likeness (QED) is 0.363. The largest absolute Gasteiger partial charge is 0.468 e. The third-order valence-corrected chi connectivity index (χ3v) is 5.90. The fourth-order valence-electron chi connectivity index (χ4n) is 4.27. The Balaban J connectivity index is 1.91. The summed E-state index contributed by atoms with van der Waals surface area (Å²) < 4.78 is 15.8. The van der Waals surface area contributed by atoms with E-state index in [1.54, 1.807) is 7.11 Å². The Morgan fingerprint density at radius 1 is 1.03 bits per heavy atom. The average Bonchev–Trinajstić information content (AvgIpc) is 3.12. The van der Waals surface area contributed by atoms with Crippen molar-refractivity contribution < 1.29 is 23.8 Å². The minimum atomic E-state index is -1.05. The van der Waals surface area contributed by atoms with Gasteiger partial charge in [0.1, 0.15) is 18.4 Å². The summed E-state index contributed by atoms with van der Waals surface area (Å²) in [5.41, 5.74) is 0.881. The molecule has 1 heterocycles. The van der Waals surface area contributed by atoms with Crippen molar-refractivity contribution in [2.45, 2.75) is 31.0 Å². The van der Waals surface area contributed by atoms with Crippen LogP contribution in [-0.4, -0.2) is 51.1 Å². The van der Waals surface area contributed by atoms with Crippen molar-refractivity contribution in [1.29, 1.82) is 0 Å². The number of methoxy groups -OCH3 is 2. The monoisotopic (exact) mass is 426 g/mol. The Labute approximate surface area is 183 Å². The van der Waals surface area contributed by atoms with Crippen LogP contribution in [0.15, 0.2) is 60.7 Å². The minimum Gasteiger partial charge on any atom is -0.468 e. The molecule has 31 heavy (non-hydrogen) atoms. The van der Waals surface area contributed by atoms with Gasteiger partial charge in [0, 0.05) is 25.5 Å². The molecule has 7 heteroatoms. The fraction of sp³-hybridized carbons (Fsp3) is 0.417. The van der Waals surface area contributed by atoms with Crippen molar-refractivity contribution in [3.8, 4) is 0 Å². The van der Waals surface area contributed by atoms with Gasteiger partial charge in [-0.25, -0.2) is 0 Å². The van der Waals surface area contributed by atoms with Gasteiger partial charge in [-0.2, -0.15) is 0 Å². The molecular weight excluding hydrogens is 396 g/mol. The summed E-state index contributed by atoms with van der Waals surface area (Å²) in [6, 6.07) is 18.7. The van der Waals surface area contributed by atoms with E-state index in [1.165, 1.54) is 7.11 Å². The van der Waals surface area contributed by atoms with Crippen LogP contribution < -0.4 is 10.6 Å². The lowest BCUT2D eigenvalue weighted by Crippen LogP contribution is -2.57. The van der Waals surface area contributed by atoms with Crippen molar-refractivity contribution in [3.05, 3.63) is 71.8 Å². The number of benzene rings is 2. The Hall–Kier alpha value is -2.74. The van der Waals surface area contributed by atoms with Gasteiger partial charge in [-0.1, -0.05) is 60.7 Å². The van der Waals surface area contributed by atoms with Gasteiger partial charge in [0.25, 0.3) is 0 Å². The zero-order chi connectivity index (χ0) is 22.3. The minimum absolute atomic E-state index is 0.0998. The molecule has 0 aliphatic carbocycles. The van der Waals surface area contributed by atoms with Crippen molar-refractivity contribution in [1.82, 2.24) is 10.6 Å². The molecule has 0 bridgehead atoms. The first-order chi connectivity index (χ1) is 15.0. The van der Waals surface area contributed by atoms with Gasteiger partial charge >= 0.3 is 5.97 Å². The number of ether oxygens (including phenoxy) is 3. The fourth-order valence-corrected chi connectivity index (χ4v) is 4.27. The third kappa shape index (κ3) is 5.12. The number of hydrogen-bond acceptors (Lipinski definition) is 6. The van der Waals surface area contributed by atoms with E-state index in [1.807, 2.05) is 67.6 Å². The van der Waals surface area contributed by atoms with E-state index in [0.29, 0.717) is 6.54 Å². The summed E-state index contributed by atoms with van der Waals surface area (Å²) in [5.74, 6) is -1.25. The van der Waals surface area contributed by atoms with E-state index >= 15 is 0 Å². The maximum atomic E-state index is 13.4. The van der Waals surface area contributed by atoms with Crippen LogP contribution in [0.25, 0.3) is 0 Å². The lowest BCUT2D eigenvalue weighted by Gasteiger charge is -2.32. The molecule has 166 valence electrons. The van der Waals surface area contributed by atoms with E-state index in [0.717, 1.165) is 11.1 Å². The Bertz CT molecular complexity index is 861. The number of hydrogen-bond donors (Lipinski definition) is 2. The molecule has 3 rings (SSSR count). The molecule has 0 radical (unpaired) electrons. The highest BCUT2D eigenvalue weighted by molar-refractivity contribution is 5.89. The molecule has 2 aromatic carbocycles. The molecule has 1 aliphatic heterocycles. The Kier molecular flexibility index (Phi) is 7.79. The second-order valence-corrected chi connectivity index (χ2v) is 7.84. The molecule has 0 spiro atoms. The standard InChI is InChI=1S/C24H30N2O5/c1-24(23(28)25-14-17-10-6-4-7-11-17)19(15-31-16-29-2)20(18-12-8-5-9-13-18)21(26-24)22(27)30-3/h4-13,19-21,26H,14-16H2,1-3H3,(H,25,28)/t19-,20-,21-,24+/m0/s1. The summed E-state index contributed by atoms with van der Waals surface area (Å²) in [5, 5.41) is 6.28. The number of amides is 1. The predicted molar refractivity (Wildman–Crippen MR) is 116 cm³/mol. The maximum absolute atomic E-state index is 13.4. The van der Waals surface area contributed by atoms with Crippen LogP contribution in [-0.2, 0) is 30.3 Å². The molecule has 1 fully saturated rings. The first-order valence-electron chi connectivity index (χ1n) is 10.3. The molecule has 1 amide bonds. The van der Waals surface area contributed by atoms with Crippen LogP contribution in [0.2, 0.25) is 0 Å².